The molecule has 5 heteroatoms. The van der Waals surface area contributed by atoms with Crippen LogP contribution in [0.25, 0.3) is 0 Å². The monoisotopic (exact) mass is 250 g/mol. The Morgan fingerprint density at radius 2 is 2.28 bits per heavy atom. The summed E-state index contributed by atoms with van der Waals surface area (Å²) in [5, 5.41) is 14.2. The van der Waals surface area contributed by atoms with Crippen LogP contribution < -0.4 is 10.1 Å². The van der Waals surface area contributed by atoms with Crippen LogP contribution in [0.3, 0.4) is 0 Å². The van der Waals surface area contributed by atoms with Crippen LogP contribution in [0.15, 0.2) is 18.2 Å². The highest BCUT2D eigenvalue weighted by molar-refractivity contribution is 5.45. The van der Waals surface area contributed by atoms with E-state index in [9.17, 15) is 10.1 Å². The molecule has 1 aliphatic rings. The lowest BCUT2D eigenvalue weighted by Gasteiger charge is -2.07. The zero-order valence-corrected chi connectivity index (χ0v) is 10.5. The van der Waals surface area contributed by atoms with Crippen molar-refractivity contribution in [2.75, 3.05) is 13.2 Å². The Hall–Kier alpha value is -1.62. The maximum atomic E-state index is 10.8. The SMILES string of the molecule is Cc1ccc(OCCCNC2CC2)cc1[N+](=O)[O-]. The van der Waals surface area contributed by atoms with Crippen LogP contribution in [0.4, 0.5) is 5.69 Å². The van der Waals surface area contributed by atoms with Crippen molar-refractivity contribution >= 4 is 5.69 Å². The lowest BCUT2D eigenvalue weighted by molar-refractivity contribution is -0.385. The summed E-state index contributed by atoms with van der Waals surface area (Å²) >= 11 is 0. The van der Waals surface area contributed by atoms with E-state index in [1.54, 1.807) is 19.1 Å². The fourth-order valence-corrected chi connectivity index (χ4v) is 1.73. The molecule has 0 aromatic heterocycles. The van der Waals surface area contributed by atoms with E-state index >= 15 is 0 Å². The number of benzene rings is 1. The third kappa shape index (κ3) is 3.70. The zero-order valence-electron chi connectivity index (χ0n) is 10.5. The van der Waals surface area contributed by atoms with Crippen molar-refractivity contribution in [3.8, 4) is 5.75 Å². The molecule has 0 unspecified atom stereocenters. The molecule has 0 amide bonds. The highest BCUT2D eigenvalue weighted by Crippen LogP contribution is 2.24. The lowest BCUT2D eigenvalue weighted by atomic mass is 10.2. The van der Waals surface area contributed by atoms with Gasteiger partial charge in [0.2, 0.25) is 0 Å². The molecule has 1 aromatic rings. The van der Waals surface area contributed by atoms with Crippen molar-refractivity contribution in [2.45, 2.75) is 32.2 Å². The van der Waals surface area contributed by atoms with Gasteiger partial charge in [-0.05, 0) is 44.9 Å². The van der Waals surface area contributed by atoms with Gasteiger partial charge in [0, 0.05) is 11.6 Å². The van der Waals surface area contributed by atoms with Crippen molar-refractivity contribution in [3.63, 3.8) is 0 Å². The smallest absolute Gasteiger partial charge is 0.275 e. The largest absolute Gasteiger partial charge is 0.493 e. The predicted octanol–water partition coefficient (Wildman–Crippen LogP) is 2.42. The van der Waals surface area contributed by atoms with E-state index in [1.807, 2.05) is 0 Å². The van der Waals surface area contributed by atoms with Crippen LogP contribution in [0.1, 0.15) is 24.8 Å². The van der Waals surface area contributed by atoms with E-state index in [-0.39, 0.29) is 10.6 Å². The number of hydrogen-bond acceptors (Lipinski definition) is 4. The van der Waals surface area contributed by atoms with E-state index in [2.05, 4.69) is 5.32 Å². The molecule has 1 N–H and O–H groups in total. The maximum Gasteiger partial charge on any atom is 0.275 e. The number of aryl methyl sites for hydroxylation is 1. The quantitative estimate of drug-likeness (QED) is 0.458. The molecule has 0 saturated heterocycles. The first kappa shape index (κ1) is 12.8. The molecule has 0 heterocycles. The van der Waals surface area contributed by atoms with Gasteiger partial charge in [-0.1, -0.05) is 0 Å². The topological polar surface area (TPSA) is 64.4 Å². The van der Waals surface area contributed by atoms with E-state index in [0.29, 0.717) is 24.0 Å². The first-order chi connectivity index (χ1) is 8.66. The molecule has 18 heavy (non-hydrogen) atoms. The second-order valence-electron chi connectivity index (χ2n) is 4.64. The van der Waals surface area contributed by atoms with Gasteiger partial charge in [-0.15, -0.1) is 0 Å². The van der Waals surface area contributed by atoms with Crippen molar-refractivity contribution in [3.05, 3.63) is 33.9 Å². The van der Waals surface area contributed by atoms with Gasteiger partial charge in [0.15, 0.2) is 0 Å². The first-order valence-electron chi connectivity index (χ1n) is 6.28. The summed E-state index contributed by atoms with van der Waals surface area (Å²) in [5.74, 6) is 0.568. The Kier molecular flexibility index (Phi) is 4.15. The van der Waals surface area contributed by atoms with E-state index in [0.717, 1.165) is 13.0 Å². The van der Waals surface area contributed by atoms with Gasteiger partial charge in [0.05, 0.1) is 17.6 Å². The minimum Gasteiger partial charge on any atom is -0.493 e. The van der Waals surface area contributed by atoms with Gasteiger partial charge in [0.25, 0.3) is 5.69 Å². The molecule has 1 fully saturated rings. The highest BCUT2D eigenvalue weighted by Gasteiger charge is 2.19. The minimum atomic E-state index is -0.378. The van der Waals surface area contributed by atoms with E-state index < -0.39 is 0 Å². The number of nitrogens with one attached hydrogen (secondary N) is 1. The van der Waals surface area contributed by atoms with Crippen LogP contribution >= 0.6 is 0 Å². The van der Waals surface area contributed by atoms with Gasteiger partial charge in [-0.2, -0.15) is 0 Å². The predicted molar refractivity (Wildman–Crippen MR) is 69.0 cm³/mol. The Labute approximate surface area is 106 Å². The van der Waals surface area contributed by atoms with E-state index in [1.165, 1.54) is 18.9 Å². The summed E-state index contributed by atoms with van der Waals surface area (Å²) in [6.45, 7) is 3.25. The molecule has 1 saturated carbocycles. The van der Waals surface area contributed by atoms with Crippen molar-refractivity contribution in [1.82, 2.24) is 5.32 Å². The second kappa shape index (κ2) is 5.82. The summed E-state index contributed by atoms with van der Waals surface area (Å²) in [4.78, 5) is 10.4. The molecule has 5 nitrogen and oxygen atoms in total. The van der Waals surface area contributed by atoms with Gasteiger partial charge in [0.1, 0.15) is 5.75 Å². The van der Waals surface area contributed by atoms with Gasteiger partial charge in [-0.3, -0.25) is 10.1 Å². The third-order valence-corrected chi connectivity index (χ3v) is 2.98. The summed E-state index contributed by atoms with van der Waals surface area (Å²) in [6, 6.07) is 5.70. The van der Waals surface area contributed by atoms with Crippen molar-refractivity contribution in [2.24, 2.45) is 0 Å². The number of ether oxygens (including phenoxy) is 1. The fourth-order valence-electron chi connectivity index (χ4n) is 1.73. The normalized spacial score (nSPS) is 14.5. The van der Waals surface area contributed by atoms with E-state index in [4.69, 9.17) is 4.74 Å². The molecule has 1 aliphatic carbocycles. The molecule has 0 aliphatic heterocycles. The Bertz CT molecular complexity index is 430. The maximum absolute atomic E-state index is 10.8. The molecular formula is C13H18N2O3. The van der Waals surface area contributed by atoms with Crippen LogP contribution in [-0.4, -0.2) is 24.1 Å². The van der Waals surface area contributed by atoms with Crippen LogP contribution in [-0.2, 0) is 0 Å². The van der Waals surface area contributed by atoms with Crippen LogP contribution in [0.5, 0.6) is 5.75 Å². The average Bonchev–Trinajstić information content (AvgIpc) is 3.14. The standard InChI is InChI=1S/C13H18N2O3/c1-10-3-6-12(9-13(10)15(16)17)18-8-2-7-14-11-4-5-11/h3,6,9,11,14H,2,4-5,7-8H2,1H3. The molecule has 0 spiro atoms. The van der Waals surface area contributed by atoms with Crippen LogP contribution in [0.2, 0.25) is 0 Å². The number of hydrogen-bond donors (Lipinski definition) is 1. The minimum absolute atomic E-state index is 0.114. The Balaban J connectivity index is 1.77. The van der Waals surface area contributed by atoms with Crippen LogP contribution in [0, 0.1) is 17.0 Å². The van der Waals surface area contributed by atoms with Gasteiger partial charge >= 0.3 is 0 Å². The number of nitrogens with zero attached hydrogens (tertiary/aromatic N) is 1. The first-order valence-corrected chi connectivity index (χ1v) is 6.28. The highest BCUT2D eigenvalue weighted by atomic mass is 16.6. The van der Waals surface area contributed by atoms with Gasteiger partial charge < -0.3 is 10.1 Å². The number of nitro groups is 1. The van der Waals surface area contributed by atoms with Crippen molar-refractivity contribution < 1.29 is 9.66 Å². The molecule has 0 bridgehead atoms. The summed E-state index contributed by atoms with van der Waals surface area (Å²) in [6.07, 6.45) is 3.48. The third-order valence-electron chi connectivity index (χ3n) is 2.98. The zero-order chi connectivity index (χ0) is 13.0. The average molecular weight is 250 g/mol. The molecule has 0 radical (unpaired) electrons. The lowest BCUT2D eigenvalue weighted by Crippen LogP contribution is -2.19. The molecule has 98 valence electrons. The molecule has 0 atom stereocenters. The molecule has 1 aromatic carbocycles. The van der Waals surface area contributed by atoms with Gasteiger partial charge in [-0.25, -0.2) is 0 Å². The molecule has 2 rings (SSSR count). The second-order valence-corrected chi connectivity index (χ2v) is 4.64. The number of rotatable bonds is 7. The molecular weight excluding hydrogens is 232 g/mol. The van der Waals surface area contributed by atoms with Crippen molar-refractivity contribution in [1.29, 1.82) is 0 Å². The number of nitro benzene ring substituents is 1. The summed E-state index contributed by atoms with van der Waals surface area (Å²) < 4.78 is 5.51. The Morgan fingerprint density at radius 1 is 1.50 bits per heavy atom. The Morgan fingerprint density at radius 3 is 2.94 bits per heavy atom. The fraction of sp³-hybridized carbons (Fsp3) is 0.538. The summed E-state index contributed by atoms with van der Waals surface area (Å²) in [7, 11) is 0. The summed E-state index contributed by atoms with van der Waals surface area (Å²) in [5.41, 5.74) is 0.770.